The summed E-state index contributed by atoms with van der Waals surface area (Å²) >= 11 is 0. The smallest absolute Gasteiger partial charge is 0.306 e. The lowest BCUT2D eigenvalue weighted by atomic mass is 10.3. The van der Waals surface area contributed by atoms with Crippen LogP contribution in [-0.2, 0) is 14.3 Å². The molecular formula is C10H18O3. The van der Waals surface area contributed by atoms with Crippen LogP contribution in [0.15, 0.2) is 12.7 Å². The van der Waals surface area contributed by atoms with Gasteiger partial charge in [-0.1, -0.05) is 13.0 Å². The molecule has 0 amide bonds. The highest BCUT2D eigenvalue weighted by molar-refractivity contribution is 5.69. The second-order valence-electron chi connectivity index (χ2n) is 2.88. The summed E-state index contributed by atoms with van der Waals surface area (Å²) in [6, 6.07) is 0. The van der Waals surface area contributed by atoms with Crippen LogP contribution in [0.2, 0.25) is 0 Å². The van der Waals surface area contributed by atoms with E-state index in [4.69, 9.17) is 9.47 Å². The summed E-state index contributed by atoms with van der Waals surface area (Å²) in [7, 11) is 0. The van der Waals surface area contributed by atoms with Crippen molar-refractivity contribution < 1.29 is 14.3 Å². The van der Waals surface area contributed by atoms with E-state index in [1.165, 1.54) is 0 Å². The standard InChI is InChI=1S/C10H18O3/c1-4-6-10(11)13-9(3)8-12-7-5-2/h5,9H,2,4,6-8H2,1,3H3. The molecule has 0 spiro atoms. The van der Waals surface area contributed by atoms with Gasteiger partial charge in [0, 0.05) is 6.42 Å². The molecule has 0 fully saturated rings. The Hall–Kier alpha value is -0.830. The maximum atomic E-state index is 11.0. The molecule has 1 unspecified atom stereocenters. The lowest BCUT2D eigenvalue weighted by Gasteiger charge is -2.12. The topological polar surface area (TPSA) is 35.5 Å². The Morgan fingerprint density at radius 1 is 1.62 bits per heavy atom. The van der Waals surface area contributed by atoms with Gasteiger partial charge in [0.2, 0.25) is 0 Å². The van der Waals surface area contributed by atoms with Crippen molar-refractivity contribution >= 4 is 5.97 Å². The van der Waals surface area contributed by atoms with E-state index >= 15 is 0 Å². The van der Waals surface area contributed by atoms with Crippen LogP contribution in [0.4, 0.5) is 0 Å². The van der Waals surface area contributed by atoms with Crippen molar-refractivity contribution in [2.75, 3.05) is 13.2 Å². The van der Waals surface area contributed by atoms with E-state index in [0.29, 0.717) is 19.6 Å². The van der Waals surface area contributed by atoms with Gasteiger partial charge in [0.05, 0.1) is 13.2 Å². The van der Waals surface area contributed by atoms with Gasteiger partial charge in [0.25, 0.3) is 0 Å². The van der Waals surface area contributed by atoms with Crippen molar-refractivity contribution in [3.63, 3.8) is 0 Å². The molecule has 1 atom stereocenters. The van der Waals surface area contributed by atoms with E-state index in [0.717, 1.165) is 6.42 Å². The number of carbonyl (C=O) groups excluding carboxylic acids is 1. The molecule has 0 aromatic rings. The molecule has 3 nitrogen and oxygen atoms in total. The van der Waals surface area contributed by atoms with Crippen LogP contribution in [-0.4, -0.2) is 25.3 Å². The number of ether oxygens (including phenoxy) is 2. The van der Waals surface area contributed by atoms with Gasteiger partial charge in [0.15, 0.2) is 0 Å². The van der Waals surface area contributed by atoms with Gasteiger partial charge >= 0.3 is 5.97 Å². The number of rotatable bonds is 7. The van der Waals surface area contributed by atoms with E-state index in [1.807, 2.05) is 13.8 Å². The molecule has 0 saturated heterocycles. The Morgan fingerprint density at radius 2 is 2.31 bits per heavy atom. The minimum absolute atomic E-state index is 0.155. The predicted octanol–water partition coefficient (Wildman–Crippen LogP) is 1.92. The van der Waals surface area contributed by atoms with Crippen LogP contribution in [0, 0.1) is 0 Å². The Balaban J connectivity index is 3.43. The van der Waals surface area contributed by atoms with Gasteiger partial charge in [-0.2, -0.15) is 0 Å². The monoisotopic (exact) mass is 186 g/mol. The van der Waals surface area contributed by atoms with Crippen LogP contribution in [0.25, 0.3) is 0 Å². The van der Waals surface area contributed by atoms with Crippen LogP contribution in [0.3, 0.4) is 0 Å². The number of hydrogen-bond acceptors (Lipinski definition) is 3. The van der Waals surface area contributed by atoms with Gasteiger partial charge in [0.1, 0.15) is 6.10 Å². The molecule has 76 valence electrons. The Labute approximate surface area is 79.7 Å². The van der Waals surface area contributed by atoms with Crippen molar-refractivity contribution in [2.24, 2.45) is 0 Å². The third-order valence-electron chi connectivity index (χ3n) is 1.38. The van der Waals surface area contributed by atoms with Gasteiger partial charge in [-0.25, -0.2) is 0 Å². The predicted molar refractivity (Wildman–Crippen MR) is 51.5 cm³/mol. The van der Waals surface area contributed by atoms with Gasteiger partial charge in [-0.05, 0) is 13.3 Å². The van der Waals surface area contributed by atoms with Crippen molar-refractivity contribution in [1.29, 1.82) is 0 Å². The number of carbonyl (C=O) groups is 1. The molecule has 0 aliphatic heterocycles. The van der Waals surface area contributed by atoms with Crippen molar-refractivity contribution in [2.45, 2.75) is 32.8 Å². The van der Waals surface area contributed by atoms with Crippen LogP contribution in [0.5, 0.6) is 0 Å². The van der Waals surface area contributed by atoms with Crippen LogP contribution < -0.4 is 0 Å². The molecule has 0 radical (unpaired) electrons. The summed E-state index contributed by atoms with van der Waals surface area (Å²) in [5.74, 6) is -0.155. The first-order valence-corrected chi connectivity index (χ1v) is 4.58. The van der Waals surface area contributed by atoms with Crippen molar-refractivity contribution in [3.8, 4) is 0 Å². The van der Waals surface area contributed by atoms with Crippen LogP contribution in [0.1, 0.15) is 26.7 Å². The van der Waals surface area contributed by atoms with Crippen molar-refractivity contribution in [1.82, 2.24) is 0 Å². The SMILES string of the molecule is C=CCOCC(C)OC(=O)CCC. The van der Waals surface area contributed by atoms with E-state index in [9.17, 15) is 4.79 Å². The molecule has 0 N–H and O–H groups in total. The highest BCUT2D eigenvalue weighted by atomic mass is 16.6. The van der Waals surface area contributed by atoms with Gasteiger partial charge in [-0.3, -0.25) is 4.79 Å². The molecule has 0 aliphatic rings. The summed E-state index contributed by atoms with van der Waals surface area (Å²) in [6.45, 7) is 8.20. The van der Waals surface area contributed by atoms with E-state index in [-0.39, 0.29) is 12.1 Å². The summed E-state index contributed by atoms with van der Waals surface area (Å²) in [5, 5.41) is 0. The fourth-order valence-corrected chi connectivity index (χ4v) is 0.839. The average Bonchev–Trinajstić information content (AvgIpc) is 2.05. The van der Waals surface area contributed by atoms with Crippen molar-refractivity contribution in [3.05, 3.63) is 12.7 Å². The summed E-state index contributed by atoms with van der Waals surface area (Å²) in [4.78, 5) is 11.0. The number of hydrogen-bond donors (Lipinski definition) is 0. The fraction of sp³-hybridized carbons (Fsp3) is 0.700. The molecule has 0 aromatic heterocycles. The third kappa shape index (κ3) is 7.53. The zero-order valence-corrected chi connectivity index (χ0v) is 8.41. The molecule has 0 saturated carbocycles. The maximum Gasteiger partial charge on any atom is 0.306 e. The normalized spacial score (nSPS) is 12.2. The lowest BCUT2D eigenvalue weighted by Crippen LogP contribution is -2.20. The zero-order valence-electron chi connectivity index (χ0n) is 8.41. The first-order valence-electron chi connectivity index (χ1n) is 4.58. The molecule has 3 heteroatoms. The molecule has 0 bridgehead atoms. The fourth-order valence-electron chi connectivity index (χ4n) is 0.839. The lowest BCUT2D eigenvalue weighted by molar-refractivity contribution is -0.150. The highest BCUT2D eigenvalue weighted by Crippen LogP contribution is 1.97. The van der Waals surface area contributed by atoms with E-state index < -0.39 is 0 Å². The Kier molecular flexibility index (Phi) is 7.30. The molecule has 13 heavy (non-hydrogen) atoms. The zero-order chi connectivity index (χ0) is 10.1. The summed E-state index contributed by atoms with van der Waals surface area (Å²) in [5.41, 5.74) is 0. The Bertz CT molecular complexity index is 154. The molecular weight excluding hydrogens is 168 g/mol. The van der Waals surface area contributed by atoms with Gasteiger partial charge in [-0.15, -0.1) is 6.58 Å². The van der Waals surface area contributed by atoms with Crippen LogP contribution >= 0.6 is 0 Å². The number of esters is 1. The minimum Gasteiger partial charge on any atom is -0.460 e. The first kappa shape index (κ1) is 12.2. The minimum atomic E-state index is -0.168. The maximum absolute atomic E-state index is 11.0. The molecule has 0 aromatic carbocycles. The summed E-state index contributed by atoms with van der Waals surface area (Å²) < 4.78 is 10.2. The largest absolute Gasteiger partial charge is 0.460 e. The van der Waals surface area contributed by atoms with Gasteiger partial charge < -0.3 is 9.47 Å². The average molecular weight is 186 g/mol. The second-order valence-corrected chi connectivity index (χ2v) is 2.88. The molecule has 0 heterocycles. The second kappa shape index (κ2) is 7.80. The Morgan fingerprint density at radius 3 is 2.85 bits per heavy atom. The summed E-state index contributed by atoms with van der Waals surface area (Å²) in [6.07, 6.45) is 2.80. The first-order chi connectivity index (χ1) is 6.20. The van der Waals surface area contributed by atoms with E-state index in [1.54, 1.807) is 6.08 Å². The highest BCUT2D eigenvalue weighted by Gasteiger charge is 2.07. The quantitative estimate of drug-likeness (QED) is 0.346. The van der Waals surface area contributed by atoms with E-state index in [2.05, 4.69) is 6.58 Å². The molecule has 0 rings (SSSR count). The third-order valence-corrected chi connectivity index (χ3v) is 1.38. The molecule has 0 aliphatic carbocycles.